The third-order valence-electron chi connectivity index (χ3n) is 2.56. The summed E-state index contributed by atoms with van der Waals surface area (Å²) < 4.78 is 1.89. The summed E-state index contributed by atoms with van der Waals surface area (Å²) in [4.78, 5) is 3.85. The van der Waals surface area contributed by atoms with Crippen molar-refractivity contribution in [2.45, 2.75) is 44.6 Å². The molecule has 1 heterocycles. The smallest absolute Gasteiger partial charge is 0.196 e. The molecule has 1 aliphatic rings. The summed E-state index contributed by atoms with van der Waals surface area (Å²) in [6.45, 7) is 0. The third kappa shape index (κ3) is 1.65. The number of aromatic nitrogens is 3. The molecule has 1 fully saturated rings. The summed E-state index contributed by atoms with van der Waals surface area (Å²) in [7, 11) is 0. The Balaban J connectivity index is 2.02. The molecule has 0 saturated heterocycles. The van der Waals surface area contributed by atoms with Gasteiger partial charge in [0.05, 0.1) is 6.04 Å². The van der Waals surface area contributed by atoms with Gasteiger partial charge in [-0.3, -0.25) is 0 Å². The molecular weight excluding hydrogens is 150 g/mol. The van der Waals surface area contributed by atoms with E-state index in [0.717, 1.165) is 0 Å². The molecule has 2 rings (SSSR count). The van der Waals surface area contributed by atoms with Crippen LogP contribution >= 0.6 is 0 Å². The fraction of sp³-hybridized carbons (Fsp3) is 0.778. The van der Waals surface area contributed by atoms with E-state index in [1.807, 2.05) is 4.68 Å². The largest absolute Gasteiger partial charge is 0.240 e. The fourth-order valence-electron chi connectivity index (χ4n) is 1.87. The van der Waals surface area contributed by atoms with Crippen LogP contribution in [0, 0.1) is 6.33 Å². The van der Waals surface area contributed by atoms with Crippen LogP contribution in [0.2, 0.25) is 0 Å². The molecule has 0 atom stereocenters. The highest BCUT2D eigenvalue weighted by molar-refractivity contribution is 4.70. The normalized spacial score (nSPS) is 20.7. The summed E-state index contributed by atoms with van der Waals surface area (Å²) >= 11 is 0. The van der Waals surface area contributed by atoms with Crippen molar-refractivity contribution in [1.29, 1.82) is 0 Å². The molecule has 1 radical (unpaired) electrons. The van der Waals surface area contributed by atoms with Crippen molar-refractivity contribution in [3.8, 4) is 0 Å². The second-order valence-electron chi connectivity index (χ2n) is 3.45. The Bertz CT molecular complexity index is 210. The van der Waals surface area contributed by atoms with Crippen molar-refractivity contribution in [1.82, 2.24) is 14.8 Å². The van der Waals surface area contributed by atoms with Crippen LogP contribution in [0.4, 0.5) is 0 Å². The van der Waals surface area contributed by atoms with Crippen molar-refractivity contribution in [3.63, 3.8) is 0 Å². The van der Waals surface area contributed by atoms with Crippen LogP contribution in [-0.4, -0.2) is 14.8 Å². The molecule has 3 nitrogen and oxygen atoms in total. The molecule has 1 aliphatic carbocycles. The van der Waals surface area contributed by atoms with Crippen molar-refractivity contribution in [2.75, 3.05) is 0 Å². The van der Waals surface area contributed by atoms with Gasteiger partial charge >= 0.3 is 0 Å². The van der Waals surface area contributed by atoms with Crippen molar-refractivity contribution >= 4 is 0 Å². The predicted octanol–water partition coefficient (Wildman–Crippen LogP) is 1.97. The molecule has 0 aromatic carbocycles. The van der Waals surface area contributed by atoms with Crippen molar-refractivity contribution in [3.05, 3.63) is 12.7 Å². The zero-order chi connectivity index (χ0) is 8.23. The Labute approximate surface area is 72.8 Å². The summed E-state index contributed by atoms with van der Waals surface area (Å²) in [6, 6.07) is 0.565. The first-order chi connectivity index (χ1) is 5.97. The van der Waals surface area contributed by atoms with Crippen LogP contribution in [0.15, 0.2) is 6.33 Å². The lowest BCUT2D eigenvalue weighted by Gasteiger charge is -2.12. The first kappa shape index (κ1) is 7.77. The van der Waals surface area contributed by atoms with Crippen molar-refractivity contribution in [2.24, 2.45) is 0 Å². The summed E-state index contributed by atoms with van der Waals surface area (Å²) in [6.07, 6.45) is 12.4. The second-order valence-corrected chi connectivity index (χ2v) is 3.45. The van der Waals surface area contributed by atoms with Crippen LogP contribution in [0.1, 0.15) is 44.6 Å². The highest BCUT2D eigenvalue weighted by Crippen LogP contribution is 2.25. The highest BCUT2D eigenvalue weighted by Gasteiger charge is 2.13. The molecule has 0 amide bonds. The van der Waals surface area contributed by atoms with Crippen LogP contribution in [0.25, 0.3) is 0 Å². The minimum absolute atomic E-state index is 0.565. The minimum Gasteiger partial charge on any atom is -0.240 e. The molecule has 0 N–H and O–H groups in total. The molecule has 0 bridgehead atoms. The monoisotopic (exact) mass is 164 g/mol. The van der Waals surface area contributed by atoms with Gasteiger partial charge < -0.3 is 0 Å². The topological polar surface area (TPSA) is 30.7 Å². The maximum Gasteiger partial charge on any atom is 0.196 e. The summed E-state index contributed by atoms with van der Waals surface area (Å²) in [5.41, 5.74) is 0. The summed E-state index contributed by atoms with van der Waals surface area (Å²) in [5.74, 6) is 0. The van der Waals surface area contributed by atoms with E-state index in [-0.39, 0.29) is 0 Å². The average molecular weight is 164 g/mol. The van der Waals surface area contributed by atoms with E-state index in [1.54, 1.807) is 6.33 Å². The van der Waals surface area contributed by atoms with Crippen LogP contribution in [0.5, 0.6) is 0 Å². The van der Waals surface area contributed by atoms with E-state index >= 15 is 0 Å². The Morgan fingerprint density at radius 3 is 2.50 bits per heavy atom. The van der Waals surface area contributed by atoms with Gasteiger partial charge in [-0.25, -0.2) is 9.67 Å². The van der Waals surface area contributed by atoms with Crippen LogP contribution in [-0.2, 0) is 0 Å². The minimum atomic E-state index is 0.565. The first-order valence-electron chi connectivity index (χ1n) is 4.74. The predicted molar refractivity (Wildman–Crippen MR) is 45.6 cm³/mol. The third-order valence-corrected chi connectivity index (χ3v) is 2.56. The van der Waals surface area contributed by atoms with Gasteiger partial charge in [0.2, 0.25) is 0 Å². The molecule has 1 saturated carbocycles. The van der Waals surface area contributed by atoms with E-state index < -0.39 is 0 Å². The zero-order valence-corrected chi connectivity index (χ0v) is 7.24. The van der Waals surface area contributed by atoms with E-state index in [9.17, 15) is 0 Å². The van der Waals surface area contributed by atoms with Gasteiger partial charge in [-0.05, 0) is 12.8 Å². The van der Waals surface area contributed by atoms with Gasteiger partial charge in [0.25, 0.3) is 0 Å². The van der Waals surface area contributed by atoms with Gasteiger partial charge in [-0.2, -0.15) is 5.10 Å². The summed E-state index contributed by atoms with van der Waals surface area (Å²) in [5, 5.41) is 4.13. The molecule has 3 heteroatoms. The molecule has 65 valence electrons. The lowest BCUT2D eigenvalue weighted by atomic mass is 10.1. The SMILES string of the molecule is [c]1ncnn1C1CCCCCC1. The van der Waals surface area contributed by atoms with Crippen LogP contribution < -0.4 is 0 Å². The lowest BCUT2D eigenvalue weighted by molar-refractivity contribution is 0.402. The quantitative estimate of drug-likeness (QED) is 0.594. The number of rotatable bonds is 1. The van der Waals surface area contributed by atoms with Crippen molar-refractivity contribution < 1.29 is 0 Å². The first-order valence-corrected chi connectivity index (χ1v) is 4.74. The Hall–Kier alpha value is -0.860. The van der Waals surface area contributed by atoms with E-state index in [1.165, 1.54) is 38.5 Å². The highest BCUT2D eigenvalue weighted by atomic mass is 15.3. The zero-order valence-electron chi connectivity index (χ0n) is 7.24. The maximum absolute atomic E-state index is 4.13. The van der Waals surface area contributed by atoms with Gasteiger partial charge in [0, 0.05) is 0 Å². The lowest BCUT2D eigenvalue weighted by Crippen LogP contribution is -2.08. The Morgan fingerprint density at radius 1 is 1.17 bits per heavy atom. The molecule has 1 aromatic rings. The maximum atomic E-state index is 4.13. The van der Waals surface area contributed by atoms with Gasteiger partial charge in [0.15, 0.2) is 6.33 Å². The second kappa shape index (κ2) is 3.70. The number of hydrogen-bond donors (Lipinski definition) is 0. The average Bonchev–Trinajstić information content (AvgIpc) is 2.48. The molecule has 0 aliphatic heterocycles. The standard InChI is InChI=1S/C9H14N3/c1-2-4-6-9(5-3-1)12-8-10-7-11-12/h7,9H,1-6H2. The Kier molecular flexibility index (Phi) is 2.39. The van der Waals surface area contributed by atoms with Gasteiger partial charge in [-0.15, -0.1) is 0 Å². The molecule has 0 unspecified atom stereocenters. The van der Waals surface area contributed by atoms with E-state index in [0.29, 0.717) is 6.04 Å². The molecular formula is C9H14N3. The van der Waals surface area contributed by atoms with E-state index in [2.05, 4.69) is 16.4 Å². The number of nitrogens with zero attached hydrogens (tertiary/aromatic N) is 3. The molecule has 12 heavy (non-hydrogen) atoms. The van der Waals surface area contributed by atoms with E-state index in [4.69, 9.17) is 0 Å². The van der Waals surface area contributed by atoms with Gasteiger partial charge in [-0.1, -0.05) is 25.7 Å². The number of hydrogen-bond acceptors (Lipinski definition) is 2. The van der Waals surface area contributed by atoms with Crippen LogP contribution in [0.3, 0.4) is 0 Å². The molecule has 0 spiro atoms. The van der Waals surface area contributed by atoms with Gasteiger partial charge in [0.1, 0.15) is 6.33 Å². The fourth-order valence-corrected chi connectivity index (χ4v) is 1.87. The Morgan fingerprint density at radius 2 is 1.92 bits per heavy atom. The molecule has 1 aromatic heterocycles.